The van der Waals surface area contributed by atoms with E-state index in [1.165, 1.54) is 63.8 Å². The monoisotopic (exact) mass is 794 g/mol. The van der Waals surface area contributed by atoms with Crippen LogP contribution in [0, 0.1) is 11.3 Å². The van der Waals surface area contributed by atoms with Crippen molar-refractivity contribution in [3.63, 3.8) is 0 Å². The minimum Gasteiger partial charge on any atom is -0.264 e. The van der Waals surface area contributed by atoms with Crippen LogP contribution < -0.4 is 0 Å². The SMILES string of the molecule is N#Cc1ccc2c(c1)C1(CCCCC1)c1cc(-c3cccc(-c4ccc(-c5ccc(-c6cc(-c7ccc(-c8cccnc8)cc7)nc(-c7ccccc7)n6)cc5)cc4)c3)ccc1-2. The van der Waals surface area contributed by atoms with E-state index in [-0.39, 0.29) is 5.41 Å². The third kappa shape index (κ3) is 6.79. The topological polar surface area (TPSA) is 62.5 Å². The van der Waals surface area contributed by atoms with Crippen molar-refractivity contribution in [3.05, 3.63) is 211 Å². The van der Waals surface area contributed by atoms with E-state index in [1.807, 2.05) is 36.5 Å². The zero-order chi connectivity index (χ0) is 41.5. The summed E-state index contributed by atoms with van der Waals surface area (Å²) in [5, 5.41) is 9.76. The minimum absolute atomic E-state index is 0.00538. The predicted molar refractivity (Wildman–Crippen MR) is 252 cm³/mol. The maximum Gasteiger partial charge on any atom is 0.160 e. The molecule has 0 unspecified atom stereocenters. The van der Waals surface area contributed by atoms with Gasteiger partial charge in [-0.1, -0.05) is 165 Å². The van der Waals surface area contributed by atoms with Crippen molar-refractivity contribution in [3.8, 4) is 95.6 Å². The van der Waals surface area contributed by atoms with Crippen LogP contribution in [0.25, 0.3) is 89.5 Å². The van der Waals surface area contributed by atoms with Gasteiger partial charge < -0.3 is 0 Å². The number of aromatic nitrogens is 3. The van der Waals surface area contributed by atoms with E-state index in [1.54, 1.807) is 6.20 Å². The van der Waals surface area contributed by atoms with Gasteiger partial charge in [-0.05, 0) is 116 Å². The second-order valence-electron chi connectivity index (χ2n) is 16.7. The summed E-state index contributed by atoms with van der Waals surface area (Å²) < 4.78 is 0. The summed E-state index contributed by atoms with van der Waals surface area (Å²) in [5.74, 6) is 0.697. The number of nitrogens with zero attached hydrogens (tertiary/aromatic N) is 4. The van der Waals surface area contributed by atoms with Crippen LogP contribution in [0.1, 0.15) is 48.8 Å². The molecule has 0 saturated heterocycles. The summed E-state index contributed by atoms with van der Waals surface area (Å²) in [6, 6.07) is 67.1. The van der Waals surface area contributed by atoms with E-state index < -0.39 is 0 Å². The van der Waals surface area contributed by atoms with Crippen LogP contribution in [0.4, 0.5) is 0 Å². The summed E-state index contributed by atoms with van der Waals surface area (Å²) >= 11 is 0. The maximum atomic E-state index is 9.76. The van der Waals surface area contributed by atoms with Crippen molar-refractivity contribution < 1.29 is 0 Å². The molecule has 2 aliphatic rings. The quantitative estimate of drug-likeness (QED) is 0.161. The van der Waals surface area contributed by atoms with Crippen LogP contribution in [-0.4, -0.2) is 15.0 Å². The lowest BCUT2D eigenvalue weighted by molar-refractivity contribution is 0.353. The van der Waals surface area contributed by atoms with Gasteiger partial charge in [-0.15, -0.1) is 0 Å². The zero-order valence-corrected chi connectivity index (χ0v) is 34.3. The van der Waals surface area contributed by atoms with Crippen LogP contribution in [0.3, 0.4) is 0 Å². The molecule has 2 aliphatic carbocycles. The number of nitriles is 1. The molecule has 0 amide bonds. The standard InChI is InChI=1S/C58H42N4/c59-37-39-14-28-51-52-29-27-49(35-54(52)58(53(51)33-39)30-5-2-6-31-58)48-12-7-11-47(34-48)42-17-15-40(16-18-42)41-19-23-44(24-20-41)55-36-56(62-57(61-55)46-9-3-1-4-10-46)45-25-21-43(22-26-45)50-13-8-32-60-38-50/h1,3-4,7-29,32-36,38H,2,5-6,30-31H2. The molecule has 2 heterocycles. The highest BCUT2D eigenvalue weighted by atomic mass is 14.9. The Bertz CT molecular complexity index is 3120. The van der Waals surface area contributed by atoms with Gasteiger partial charge in [0.05, 0.1) is 23.0 Å². The molecule has 1 fully saturated rings. The third-order valence-electron chi connectivity index (χ3n) is 13.1. The molecule has 0 N–H and O–H groups in total. The van der Waals surface area contributed by atoms with Gasteiger partial charge in [0.15, 0.2) is 5.82 Å². The smallest absolute Gasteiger partial charge is 0.160 e. The van der Waals surface area contributed by atoms with Crippen molar-refractivity contribution in [1.29, 1.82) is 5.26 Å². The van der Waals surface area contributed by atoms with Crippen LogP contribution in [-0.2, 0) is 5.41 Å². The lowest BCUT2D eigenvalue weighted by atomic mass is 9.67. The Morgan fingerprint density at radius 3 is 1.52 bits per heavy atom. The average Bonchev–Trinajstić information content (AvgIpc) is 3.61. The highest BCUT2D eigenvalue weighted by Gasteiger charge is 2.44. The molecule has 2 aromatic heterocycles. The molecule has 1 saturated carbocycles. The molecule has 11 rings (SSSR count). The van der Waals surface area contributed by atoms with Crippen LogP contribution in [0.15, 0.2) is 194 Å². The molecule has 0 radical (unpaired) electrons. The first-order valence-electron chi connectivity index (χ1n) is 21.6. The fourth-order valence-electron chi connectivity index (χ4n) is 9.83. The van der Waals surface area contributed by atoms with Gasteiger partial charge in [0.1, 0.15) is 0 Å². The number of hydrogen-bond acceptors (Lipinski definition) is 4. The molecule has 0 aliphatic heterocycles. The molecule has 9 aromatic rings. The summed E-state index contributed by atoms with van der Waals surface area (Å²) in [7, 11) is 0. The summed E-state index contributed by atoms with van der Waals surface area (Å²) in [6.45, 7) is 0. The number of hydrogen-bond donors (Lipinski definition) is 0. The van der Waals surface area contributed by atoms with Crippen molar-refractivity contribution in [2.75, 3.05) is 0 Å². The normalized spacial score (nSPS) is 13.6. The Morgan fingerprint density at radius 1 is 0.403 bits per heavy atom. The summed E-state index contributed by atoms with van der Waals surface area (Å²) in [4.78, 5) is 14.4. The highest BCUT2D eigenvalue weighted by Crippen LogP contribution is 2.56. The number of rotatable bonds is 7. The number of pyridine rings is 1. The molecule has 0 atom stereocenters. The van der Waals surface area contributed by atoms with Gasteiger partial charge >= 0.3 is 0 Å². The van der Waals surface area contributed by atoms with E-state index in [0.717, 1.165) is 68.7 Å². The molecule has 4 heteroatoms. The van der Waals surface area contributed by atoms with Gasteiger partial charge in [-0.25, -0.2) is 9.97 Å². The van der Waals surface area contributed by atoms with E-state index in [9.17, 15) is 5.26 Å². The molecular formula is C58H42N4. The van der Waals surface area contributed by atoms with Crippen molar-refractivity contribution in [2.24, 2.45) is 0 Å². The van der Waals surface area contributed by atoms with Crippen LogP contribution >= 0.6 is 0 Å². The first-order chi connectivity index (χ1) is 30.6. The first-order valence-corrected chi connectivity index (χ1v) is 21.6. The van der Waals surface area contributed by atoms with Crippen molar-refractivity contribution in [1.82, 2.24) is 15.0 Å². The van der Waals surface area contributed by atoms with E-state index in [2.05, 4.69) is 163 Å². The second kappa shape index (κ2) is 15.7. The largest absolute Gasteiger partial charge is 0.264 e. The van der Waals surface area contributed by atoms with Crippen molar-refractivity contribution >= 4 is 0 Å². The van der Waals surface area contributed by atoms with E-state index in [0.29, 0.717) is 5.82 Å². The fourth-order valence-corrected chi connectivity index (χ4v) is 9.83. The fraction of sp³-hybridized carbons (Fsp3) is 0.103. The van der Waals surface area contributed by atoms with Crippen molar-refractivity contribution in [2.45, 2.75) is 37.5 Å². The second-order valence-corrected chi connectivity index (χ2v) is 16.7. The van der Waals surface area contributed by atoms with Gasteiger partial charge in [0.25, 0.3) is 0 Å². The summed E-state index contributed by atoms with van der Waals surface area (Å²) in [5.41, 5.74) is 20.3. The Balaban J connectivity index is 0.861. The number of fused-ring (bicyclic) bond motifs is 5. The lowest BCUT2D eigenvalue weighted by Crippen LogP contribution is -2.28. The van der Waals surface area contributed by atoms with Crippen LogP contribution in [0.5, 0.6) is 0 Å². The van der Waals surface area contributed by atoms with E-state index >= 15 is 0 Å². The minimum atomic E-state index is -0.00538. The molecule has 0 bridgehead atoms. The Morgan fingerprint density at radius 2 is 0.903 bits per heavy atom. The van der Waals surface area contributed by atoms with Crippen LogP contribution in [0.2, 0.25) is 0 Å². The summed E-state index contributed by atoms with van der Waals surface area (Å²) in [6.07, 6.45) is 9.68. The predicted octanol–water partition coefficient (Wildman–Crippen LogP) is 14.6. The van der Waals surface area contributed by atoms with Gasteiger partial charge in [-0.2, -0.15) is 5.26 Å². The molecule has 294 valence electrons. The van der Waals surface area contributed by atoms with Gasteiger partial charge in [0, 0.05) is 34.5 Å². The third-order valence-corrected chi connectivity index (χ3v) is 13.1. The molecule has 1 spiro atoms. The highest BCUT2D eigenvalue weighted by molar-refractivity contribution is 5.86. The average molecular weight is 795 g/mol. The van der Waals surface area contributed by atoms with Gasteiger partial charge in [-0.3, -0.25) is 4.98 Å². The molecular weight excluding hydrogens is 753 g/mol. The van der Waals surface area contributed by atoms with E-state index in [4.69, 9.17) is 9.97 Å². The molecule has 7 aromatic carbocycles. The Kier molecular flexibility index (Phi) is 9.44. The lowest BCUT2D eigenvalue weighted by Gasteiger charge is -2.36. The maximum absolute atomic E-state index is 9.76. The molecule has 4 nitrogen and oxygen atoms in total. The molecule has 62 heavy (non-hydrogen) atoms. The Hall–Kier alpha value is -7.74. The first kappa shape index (κ1) is 37.3. The Labute approximate surface area is 362 Å². The van der Waals surface area contributed by atoms with Gasteiger partial charge in [0.2, 0.25) is 0 Å². The zero-order valence-electron chi connectivity index (χ0n) is 34.3. The number of benzene rings is 7.